The molecule has 11 heteroatoms. The van der Waals surface area contributed by atoms with E-state index in [9.17, 15) is 21.6 Å². The second-order valence-corrected chi connectivity index (χ2v) is 9.69. The van der Waals surface area contributed by atoms with Gasteiger partial charge in [-0.25, -0.2) is 13.4 Å². The molecule has 0 aromatic carbocycles. The molecule has 0 N–H and O–H groups in total. The molecule has 7 nitrogen and oxygen atoms in total. The first-order valence-electron chi connectivity index (χ1n) is 9.06. The summed E-state index contributed by atoms with van der Waals surface area (Å²) in [5.74, 6) is 0. The molecular formula is C17H22F3N3O4S. The van der Waals surface area contributed by atoms with E-state index in [1.54, 1.807) is 0 Å². The highest BCUT2D eigenvalue weighted by Gasteiger charge is 2.55. The average Bonchev–Trinajstić information content (AvgIpc) is 2.55. The van der Waals surface area contributed by atoms with Crippen LogP contribution in [0, 0.1) is 12.3 Å². The van der Waals surface area contributed by atoms with Crippen molar-refractivity contribution in [3.8, 4) is 0 Å². The zero-order valence-electron chi connectivity index (χ0n) is 15.4. The average molecular weight is 421 g/mol. The van der Waals surface area contributed by atoms with E-state index in [-0.39, 0.29) is 22.1 Å². The normalized spacial score (nSPS) is 26.1. The van der Waals surface area contributed by atoms with Crippen LogP contribution in [0.15, 0.2) is 17.0 Å². The maximum absolute atomic E-state index is 12.8. The second kappa shape index (κ2) is 6.91. The Morgan fingerprint density at radius 1 is 1.21 bits per heavy atom. The minimum atomic E-state index is -4.60. The third-order valence-electron chi connectivity index (χ3n) is 5.43. The molecular weight excluding hydrogens is 399 g/mol. The monoisotopic (exact) mass is 421 g/mol. The Kier molecular flexibility index (Phi) is 4.94. The minimum Gasteiger partial charge on any atom is -0.376 e. The fourth-order valence-corrected chi connectivity index (χ4v) is 5.98. The lowest BCUT2D eigenvalue weighted by Crippen LogP contribution is -2.73. The van der Waals surface area contributed by atoms with Gasteiger partial charge in [0.25, 0.3) is 0 Å². The van der Waals surface area contributed by atoms with Gasteiger partial charge in [-0.2, -0.15) is 17.5 Å². The number of aryl methyl sites for hydroxylation is 1. The first kappa shape index (κ1) is 20.0. The first-order chi connectivity index (χ1) is 13.1. The number of hydrogen-bond donors (Lipinski definition) is 0. The molecule has 3 aliphatic heterocycles. The Labute approximate surface area is 161 Å². The summed E-state index contributed by atoms with van der Waals surface area (Å²) < 4.78 is 76.1. The second-order valence-electron chi connectivity index (χ2n) is 7.79. The van der Waals surface area contributed by atoms with Crippen molar-refractivity contribution in [1.82, 2.24) is 14.2 Å². The molecule has 0 saturated carbocycles. The number of rotatable bonds is 4. The number of alkyl halides is 3. The van der Waals surface area contributed by atoms with E-state index in [4.69, 9.17) is 9.47 Å². The Balaban J connectivity index is 1.35. The molecule has 156 valence electrons. The van der Waals surface area contributed by atoms with Gasteiger partial charge < -0.3 is 9.47 Å². The molecule has 0 bridgehead atoms. The van der Waals surface area contributed by atoms with Crippen molar-refractivity contribution in [2.75, 3.05) is 52.5 Å². The molecule has 4 heterocycles. The van der Waals surface area contributed by atoms with Gasteiger partial charge in [0, 0.05) is 38.1 Å². The smallest absolute Gasteiger partial charge is 0.376 e. The third-order valence-corrected chi connectivity index (χ3v) is 7.36. The van der Waals surface area contributed by atoms with E-state index in [1.807, 2.05) is 0 Å². The van der Waals surface area contributed by atoms with Crippen molar-refractivity contribution in [3.63, 3.8) is 0 Å². The Morgan fingerprint density at radius 2 is 1.93 bits per heavy atom. The number of halogens is 3. The summed E-state index contributed by atoms with van der Waals surface area (Å²) in [6.07, 6.45) is -4.55. The van der Waals surface area contributed by atoms with E-state index >= 15 is 0 Å². The van der Waals surface area contributed by atoms with Crippen molar-refractivity contribution >= 4 is 10.0 Å². The molecule has 1 spiro atoms. The van der Waals surface area contributed by atoms with Crippen LogP contribution in [0.3, 0.4) is 0 Å². The van der Waals surface area contributed by atoms with Gasteiger partial charge in [-0.05, 0) is 19.1 Å². The summed E-state index contributed by atoms with van der Waals surface area (Å²) in [6.45, 7) is 6.13. The predicted molar refractivity (Wildman–Crippen MR) is 92.2 cm³/mol. The van der Waals surface area contributed by atoms with Crippen molar-refractivity contribution in [2.45, 2.75) is 24.1 Å². The summed E-state index contributed by atoms with van der Waals surface area (Å²) in [5, 5.41) is 0. The summed E-state index contributed by atoms with van der Waals surface area (Å²) in [5.41, 5.74) is -1.30. The topological polar surface area (TPSA) is 72.0 Å². The standard InChI is InChI=1S/C17H22F3N3O4S/c1-12-14(2-3-15(21-12)17(18,19)20)28(24,25)23-10-16(11-23)8-22(9-16)6-13-7-26-4-5-27-13/h2-3,13H,4-11H2,1H3/t13-/m1/s1. The lowest BCUT2D eigenvalue weighted by Gasteiger charge is -2.60. The van der Waals surface area contributed by atoms with Gasteiger partial charge in [0.1, 0.15) is 10.6 Å². The van der Waals surface area contributed by atoms with E-state index < -0.39 is 21.9 Å². The molecule has 0 aliphatic carbocycles. The van der Waals surface area contributed by atoms with Crippen molar-refractivity contribution in [3.05, 3.63) is 23.5 Å². The van der Waals surface area contributed by atoms with Crippen LogP contribution in [-0.4, -0.2) is 81.3 Å². The number of hydrogen-bond acceptors (Lipinski definition) is 6. The van der Waals surface area contributed by atoms with Crippen LogP contribution in [0.2, 0.25) is 0 Å². The SMILES string of the molecule is Cc1nc(C(F)(F)F)ccc1S(=O)(=O)N1CC2(CN(C[C@@H]3COCCO3)C2)C1. The summed E-state index contributed by atoms with van der Waals surface area (Å²) in [7, 11) is -3.85. The molecule has 0 unspecified atom stereocenters. The van der Waals surface area contributed by atoms with Gasteiger partial charge in [0.05, 0.1) is 31.6 Å². The highest BCUT2D eigenvalue weighted by atomic mass is 32.2. The molecule has 4 rings (SSSR count). The maximum Gasteiger partial charge on any atom is 0.433 e. The summed E-state index contributed by atoms with van der Waals surface area (Å²) >= 11 is 0. The van der Waals surface area contributed by atoms with E-state index in [0.29, 0.717) is 39.0 Å². The van der Waals surface area contributed by atoms with Gasteiger partial charge in [0.15, 0.2) is 0 Å². The van der Waals surface area contributed by atoms with Crippen molar-refractivity contribution < 1.29 is 31.1 Å². The molecule has 3 aliphatic rings. The Hall–Kier alpha value is -1.27. The molecule has 0 amide bonds. The fourth-order valence-electron chi connectivity index (χ4n) is 4.15. The van der Waals surface area contributed by atoms with Gasteiger partial charge in [0.2, 0.25) is 10.0 Å². The quantitative estimate of drug-likeness (QED) is 0.726. The van der Waals surface area contributed by atoms with Crippen molar-refractivity contribution in [2.24, 2.45) is 5.41 Å². The maximum atomic E-state index is 12.8. The van der Waals surface area contributed by atoms with Crippen LogP contribution in [0.5, 0.6) is 0 Å². The minimum absolute atomic E-state index is 0.0480. The van der Waals surface area contributed by atoms with Gasteiger partial charge >= 0.3 is 6.18 Å². The molecule has 3 saturated heterocycles. The number of pyridine rings is 1. The van der Waals surface area contributed by atoms with Crippen LogP contribution in [0.25, 0.3) is 0 Å². The molecule has 1 atom stereocenters. The zero-order valence-corrected chi connectivity index (χ0v) is 16.2. The van der Waals surface area contributed by atoms with Gasteiger partial charge in [-0.3, -0.25) is 4.90 Å². The van der Waals surface area contributed by atoms with Crippen LogP contribution in [0.4, 0.5) is 13.2 Å². The lowest BCUT2D eigenvalue weighted by atomic mass is 9.74. The van der Waals surface area contributed by atoms with Crippen LogP contribution in [-0.2, 0) is 25.7 Å². The van der Waals surface area contributed by atoms with Crippen LogP contribution < -0.4 is 0 Å². The molecule has 1 aromatic heterocycles. The number of likely N-dealkylation sites (tertiary alicyclic amines) is 1. The van der Waals surface area contributed by atoms with Gasteiger partial charge in [-0.1, -0.05) is 0 Å². The van der Waals surface area contributed by atoms with E-state index in [0.717, 1.165) is 25.7 Å². The van der Waals surface area contributed by atoms with Crippen LogP contribution >= 0.6 is 0 Å². The highest BCUT2D eigenvalue weighted by Crippen LogP contribution is 2.42. The third kappa shape index (κ3) is 3.65. The summed E-state index contributed by atoms with van der Waals surface area (Å²) in [6, 6.07) is 1.71. The van der Waals surface area contributed by atoms with Crippen molar-refractivity contribution in [1.29, 1.82) is 0 Å². The van der Waals surface area contributed by atoms with E-state index in [2.05, 4.69) is 9.88 Å². The predicted octanol–water partition coefficient (Wildman–Crippen LogP) is 1.13. The largest absolute Gasteiger partial charge is 0.433 e. The Bertz CT molecular complexity index is 842. The van der Waals surface area contributed by atoms with Gasteiger partial charge in [-0.15, -0.1) is 0 Å². The lowest BCUT2D eigenvalue weighted by molar-refractivity contribution is -0.141. The number of ether oxygens (including phenoxy) is 2. The molecule has 1 aromatic rings. The molecule has 0 radical (unpaired) electrons. The highest BCUT2D eigenvalue weighted by molar-refractivity contribution is 7.89. The van der Waals surface area contributed by atoms with E-state index in [1.165, 1.54) is 11.2 Å². The summed E-state index contributed by atoms with van der Waals surface area (Å²) in [4.78, 5) is 5.48. The number of nitrogens with zero attached hydrogens (tertiary/aromatic N) is 3. The zero-order chi connectivity index (χ0) is 20.2. The first-order valence-corrected chi connectivity index (χ1v) is 10.5. The number of sulfonamides is 1. The van der Waals surface area contributed by atoms with Crippen LogP contribution in [0.1, 0.15) is 11.4 Å². The number of aromatic nitrogens is 1. The Morgan fingerprint density at radius 3 is 2.50 bits per heavy atom. The fraction of sp³-hybridized carbons (Fsp3) is 0.706. The molecule has 3 fully saturated rings. The molecule has 28 heavy (non-hydrogen) atoms.